The summed E-state index contributed by atoms with van der Waals surface area (Å²) in [4.78, 5) is 0. The Kier molecular flexibility index (Phi) is 2.25. The van der Waals surface area contributed by atoms with Gasteiger partial charge in [0.2, 0.25) is 0 Å². The van der Waals surface area contributed by atoms with E-state index in [9.17, 15) is 0 Å². The monoisotopic (exact) mass is 216 g/mol. The topological polar surface area (TPSA) is 68.0 Å². The Bertz CT molecular complexity index is 517. The SMILES string of the molecule is C1=CCC(Nc2ccc3nnnn3n2)CC1. The maximum atomic E-state index is 4.27. The highest BCUT2D eigenvalue weighted by atomic mass is 15.6. The molecule has 2 aromatic heterocycles. The van der Waals surface area contributed by atoms with Gasteiger partial charge >= 0.3 is 0 Å². The third-order valence-corrected chi connectivity index (χ3v) is 2.69. The summed E-state index contributed by atoms with van der Waals surface area (Å²) in [5.41, 5.74) is 0.661. The number of nitrogens with one attached hydrogen (secondary N) is 1. The summed E-state index contributed by atoms with van der Waals surface area (Å²) in [6.07, 6.45) is 7.75. The normalized spacial score (nSPS) is 20.1. The molecule has 0 aliphatic heterocycles. The highest BCUT2D eigenvalue weighted by Gasteiger charge is 2.10. The predicted octanol–water partition coefficient (Wildman–Crippen LogP) is 1.04. The molecule has 0 aromatic carbocycles. The van der Waals surface area contributed by atoms with E-state index in [1.807, 2.05) is 12.1 Å². The van der Waals surface area contributed by atoms with E-state index in [4.69, 9.17) is 0 Å². The molecular weight excluding hydrogens is 204 g/mol. The fourth-order valence-electron chi connectivity index (χ4n) is 1.86. The number of fused-ring (bicyclic) bond motifs is 1. The van der Waals surface area contributed by atoms with Crippen LogP contribution in [0.3, 0.4) is 0 Å². The Morgan fingerprint density at radius 2 is 2.31 bits per heavy atom. The largest absolute Gasteiger partial charge is 0.366 e. The third-order valence-electron chi connectivity index (χ3n) is 2.69. The average Bonchev–Trinajstić information content (AvgIpc) is 2.77. The molecule has 2 aromatic rings. The minimum Gasteiger partial charge on any atom is -0.366 e. The Hall–Kier alpha value is -1.98. The number of rotatable bonds is 2. The number of nitrogens with zero attached hydrogens (tertiary/aromatic N) is 5. The molecule has 2 heterocycles. The van der Waals surface area contributed by atoms with E-state index in [1.165, 1.54) is 4.63 Å². The molecule has 0 fully saturated rings. The van der Waals surface area contributed by atoms with Crippen LogP contribution in [0.1, 0.15) is 19.3 Å². The summed E-state index contributed by atoms with van der Waals surface area (Å²) in [6, 6.07) is 4.23. The summed E-state index contributed by atoms with van der Waals surface area (Å²) >= 11 is 0. The van der Waals surface area contributed by atoms with Crippen LogP contribution in [0.15, 0.2) is 24.3 Å². The standard InChI is InChI=1S/C10H12N6/c1-2-4-8(5-3-1)11-9-6-7-10-12-14-15-16(10)13-9/h1-2,6-8H,3-5H2,(H,11,13). The molecule has 1 aliphatic rings. The summed E-state index contributed by atoms with van der Waals surface area (Å²) in [6.45, 7) is 0. The van der Waals surface area contributed by atoms with Crippen LogP contribution in [0.25, 0.3) is 5.65 Å². The van der Waals surface area contributed by atoms with Gasteiger partial charge in [0.05, 0.1) is 0 Å². The minimum atomic E-state index is 0.464. The van der Waals surface area contributed by atoms with E-state index >= 15 is 0 Å². The number of tetrazole rings is 1. The molecule has 1 atom stereocenters. The molecule has 1 aliphatic carbocycles. The molecular formula is C10H12N6. The van der Waals surface area contributed by atoms with Crippen LogP contribution in [-0.2, 0) is 0 Å². The second-order valence-corrected chi connectivity index (χ2v) is 3.87. The molecule has 6 nitrogen and oxygen atoms in total. The van der Waals surface area contributed by atoms with Crippen molar-refractivity contribution in [3.63, 3.8) is 0 Å². The van der Waals surface area contributed by atoms with Gasteiger partial charge in [0.25, 0.3) is 0 Å². The van der Waals surface area contributed by atoms with Gasteiger partial charge in [-0.3, -0.25) is 0 Å². The zero-order valence-electron chi connectivity index (χ0n) is 8.74. The zero-order valence-corrected chi connectivity index (χ0v) is 8.74. The van der Waals surface area contributed by atoms with Crippen molar-refractivity contribution in [1.29, 1.82) is 0 Å². The molecule has 0 radical (unpaired) electrons. The van der Waals surface area contributed by atoms with E-state index in [1.54, 1.807) is 0 Å². The van der Waals surface area contributed by atoms with Crippen LogP contribution in [-0.4, -0.2) is 31.3 Å². The molecule has 0 saturated carbocycles. The van der Waals surface area contributed by atoms with Gasteiger partial charge in [0, 0.05) is 6.04 Å². The van der Waals surface area contributed by atoms with Crippen molar-refractivity contribution < 1.29 is 0 Å². The zero-order chi connectivity index (χ0) is 10.8. The quantitative estimate of drug-likeness (QED) is 0.760. The van der Waals surface area contributed by atoms with Gasteiger partial charge in [-0.1, -0.05) is 12.2 Å². The highest BCUT2D eigenvalue weighted by molar-refractivity contribution is 5.42. The first kappa shape index (κ1) is 9.26. The second-order valence-electron chi connectivity index (χ2n) is 3.87. The number of aromatic nitrogens is 5. The van der Waals surface area contributed by atoms with Gasteiger partial charge in [-0.05, 0) is 41.8 Å². The summed E-state index contributed by atoms with van der Waals surface area (Å²) in [5.74, 6) is 0.820. The van der Waals surface area contributed by atoms with Crippen LogP contribution in [0.5, 0.6) is 0 Å². The van der Waals surface area contributed by atoms with Crippen LogP contribution >= 0.6 is 0 Å². The summed E-state index contributed by atoms with van der Waals surface area (Å²) < 4.78 is 1.43. The van der Waals surface area contributed by atoms with Gasteiger partial charge in [-0.2, -0.15) is 0 Å². The van der Waals surface area contributed by atoms with Crippen molar-refractivity contribution in [3.8, 4) is 0 Å². The maximum absolute atomic E-state index is 4.27. The lowest BCUT2D eigenvalue weighted by molar-refractivity contribution is 0.635. The number of anilines is 1. The average molecular weight is 216 g/mol. The minimum absolute atomic E-state index is 0.464. The molecule has 16 heavy (non-hydrogen) atoms. The fourth-order valence-corrected chi connectivity index (χ4v) is 1.86. The first-order chi connectivity index (χ1) is 7.92. The van der Waals surface area contributed by atoms with E-state index < -0.39 is 0 Å². The van der Waals surface area contributed by atoms with Gasteiger partial charge in [0.1, 0.15) is 5.82 Å². The van der Waals surface area contributed by atoms with Crippen molar-refractivity contribution >= 4 is 11.5 Å². The van der Waals surface area contributed by atoms with Gasteiger partial charge in [-0.15, -0.1) is 14.8 Å². The Balaban J connectivity index is 1.80. The maximum Gasteiger partial charge on any atom is 0.200 e. The summed E-state index contributed by atoms with van der Waals surface area (Å²) in [7, 11) is 0. The molecule has 82 valence electrons. The van der Waals surface area contributed by atoms with Gasteiger partial charge in [-0.25, -0.2) is 0 Å². The molecule has 0 saturated heterocycles. The smallest absolute Gasteiger partial charge is 0.200 e. The Morgan fingerprint density at radius 3 is 3.19 bits per heavy atom. The summed E-state index contributed by atoms with van der Waals surface area (Å²) in [5, 5.41) is 18.8. The van der Waals surface area contributed by atoms with Crippen molar-refractivity contribution in [2.45, 2.75) is 25.3 Å². The number of hydrogen-bond donors (Lipinski definition) is 1. The Morgan fingerprint density at radius 1 is 1.31 bits per heavy atom. The first-order valence-corrected chi connectivity index (χ1v) is 5.39. The van der Waals surface area contributed by atoms with Crippen molar-refractivity contribution in [2.75, 3.05) is 5.32 Å². The lowest BCUT2D eigenvalue weighted by Gasteiger charge is -2.19. The van der Waals surface area contributed by atoms with Crippen LogP contribution in [0.2, 0.25) is 0 Å². The molecule has 1 unspecified atom stereocenters. The van der Waals surface area contributed by atoms with Gasteiger partial charge in [0.15, 0.2) is 5.65 Å². The lowest BCUT2D eigenvalue weighted by atomic mass is 10.0. The first-order valence-electron chi connectivity index (χ1n) is 5.39. The van der Waals surface area contributed by atoms with E-state index in [0.29, 0.717) is 11.7 Å². The molecule has 3 rings (SSSR count). The van der Waals surface area contributed by atoms with Crippen LogP contribution in [0.4, 0.5) is 5.82 Å². The third kappa shape index (κ3) is 1.73. The molecule has 0 spiro atoms. The number of allylic oxidation sites excluding steroid dienone is 1. The van der Waals surface area contributed by atoms with E-state index in [0.717, 1.165) is 25.1 Å². The molecule has 1 N–H and O–H groups in total. The van der Waals surface area contributed by atoms with Crippen molar-refractivity contribution in [3.05, 3.63) is 24.3 Å². The molecule has 0 bridgehead atoms. The van der Waals surface area contributed by atoms with Crippen molar-refractivity contribution in [1.82, 2.24) is 25.3 Å². The molecule has 6 heteroatoms. The highest BCUT2D eigenvalue weighted by Crippen LogP contribution is 2.15. The van der Waals surface area contributed by atoms with Gasteiger partial charge < -0.3 is 5.32 Å². The molecule has 0 amide bonds. The van der Waals surface area contributed by atoms with Crippen LogP contribution < -0.4 is 5.32 Å². The van der Waals surface area contributed by atoms with Crippen molar-refractivity contribution in [2.24, 2.45) is 0 Å². The van der Waals surface area contributed by atoms with E-state index in [2.05, 4.69) is 38.1 Å². The van der Waals surface area contributed by atoms with Crippen LogP contribution in [0, 0.1) is 0 Å². The fraction of sp³-hybridized carbons (Fsp3) is 0.400. The number of hydrogen-bond acceptors (Lipinski definition) is 5. The predicted molar refractivity (Wildman–Crippen MR) is 59.0 cm³/mol. The second kappa shape index (κ2) is 3.88. The lowest BCUT2D eigenvalue weighted by Crippen LogP contribution is -2.21. The van der Waals surface area contributed by atoms with E-state index in [-0.39, 0.29) is 0 Å². The Labute approximate surface area is 92.3 Å².